The molecule has 2 aromatic heterocycles. The molecule has 0 amide bonds. The Morgan fingerprint density at radius 2 is 1.97 bits per heavy atom. The highest BCUT2D eigenvalue weighted by atomic mass is 32.1. The zero-order valence-corrected chi connectivity index (χ0v) is 15.7. The van der Waals surface area contributed by atoms with E-state index in [-0.39, 0.29) is 12.1 Å². The molecule has 0 aliphatic rings. The number of para-hydroxylation sites is 1. The molecular formula is C21H13N2O5S-. The second-order valence-electron chi connectivity index (χ2n) is 6.21. The van der Waals surface area contributed by atoms with Crippen LogP contribution in [0.4, 0.5) is 5.69 Å². The van der Waals surface area contributed by atoms with E-state index in [2.05, 4.69) is 4.98 Å². The molecule has 0 aliphatic carbocycles. The zero-order chi connectivity index (χ0) is 20.4. The van der Waals surface area contributed by atoms with Crippen LogP contribution in [0, 0.1) is 10.1 Å². The van der Waals surface area contributed by atoms with Crippen LogP contribution in [0.25, 0.3) is 33.2 Å². The summed E-state index contributed by atoms with van der Waals surface area (Å²) in [7, 11) is 0. The maximum Gasteiger partial charge on any atom is 0.270 e. The number of fused-ring (bicyclic) bond motifs is 1. The number of rotatable bonds is 6. The first-order chi connectivity index (χ1) is 14.0. The predicted octanol–water partition coefficient (Wildman–Crippen LogP) is 4.15. The van der Waals surface area contributed by atoms with Gasteiger partial charge in [-0.2, -0.15) is 0 Å². The van der Waals surface area contributed by atoms with E-state index in [4.69, 9.17) is 4.42 Å². The Kier molecular flexibility index (Phi) is 4.92. The molecule has 0 spiro atoms. The number of aliphatic carboxylic acids is 1. The molecular weight excluding hydrogens is 392 g/mol. The smallest absolute Gasteiger partial charge is 0.270 e. The molecule has 4 rings (SSSR count). The number of carbonyl (C=O) groups is 1. The molecule has 0 atom stereocenters. The summed E-state index contributed by atoms with van der Waals surface area (Å²) in [6, 6.07) is 17.0. The predicted molar refractivity (Wildman–Crippen MR) is 108 cm³/mol. The number of aromatic nitrogens is 1. The van der Waals surface area contributed by atoms with Crippen molar-refractivity contribution in [3.8, 4) is 11.3 Å². The van der Waals surface area contributed by atoms with Crippen molar-refractivity contribution in [2.45, 2.75) is 6.42 Å². The van der Waals surface area contributed by atoms with Gasteiger partial charge in [0, 0.05) is 30.1 Å². The summed E-state index contributed by atoms with van der Waals surface area (Å²) in [5, 5.41) is 22.8. The van der Waals surface area contributed by atoms with Crippen molar-refractivity contribution in [1.82, 2.24) is 4.98 Å². The second-order valence-corrected chi connectivity index (χ2v) is 7.25. The fourth-order valence-electron chi connectivity index (χ4n) is 2.88. The molecule has 4 aromatic rings. The van der Waals surface area contributed by atoms with Crippen LogP contribution < -0.4 is 5.11 Å². The van der Waals surface area contributed by atoms with Crippen LogP contribution >= 0.6 is 11.3 Å². The van der Waals surface area contributed by atoms with Crippen LogP contribution in [0.1, 0.15) is 17.2 Å². The van der Waals surface area contributed by atoms with Gasteiger partial charge in [0.1, 0.15) is 16.5 Å². The van der Waals surface area contributed by atoms with Crippen LogP contribution in [0.15, 0.2) is 65.1 Å². The normalized spacial score (nSPS) is 11.7. The lowest BCUT2D eigenvalue weighted by atomic mass is 10.1. The lowest BCUT2D eigenvalue weighted by molar-refractivity contribution is -0.384. The minimum atomic E-state index is -1.22. The van der Waals surface area contributed by atoms with Crippen molar-refractivity contribution in [3.05, 3.63) is 81.5 Å². The lowest BCUT2D eigenvalue weighted by Gasteiger charge is -2.04. The number of furan rings is 1. The number of nitro benzene ring substituents is 1. The first-order valence-corrected chi connectivity index (χ1v) is 9.42. The number of hydrogen-bond acceptors (Lipinski definition) is 7. The summed E-state index contributed by atoms with van der Waals surface area (Å²) in [6.07, 6.45) is 1.29. The third-order valence-electron chi connectivity index (χ3n) is 4.19. The third kappa shape index (κ3) is 4.07. The Hall–Kier alpha value is -3.78. The van der Waals surface area contributed by atoms with Gasteiger partial charge >= 0.3 is 0 Å². The van der Waals surface area contributed by atoms with Crippen LogP contribution in [0.2, 0.25) is 0 Å². The number of thiazole rings is 1. The van der Waals surface area contributed by atoms with Gasteiger partial charge in [0.25, 0.3) is 5.69 Å². The summed E-state index contributed by atoms with van der Waals surface area (Å²) < 4.78 is 6.72. The quantitative estimate of drug-likeness (QED) is 0.352. The lowest BCUT2D eigenvalue weighted by Crippen LogP contribution is -2.22. The van der Waals surface area contributed by atoms with Crippen LogP contribution in [-0.2, 0) is 4.79 Å². The molecule has 7 nitrogen and oxygen atoms in total. The number of carboxylic acid groups (broad SMARTS) is 1. The minimum Gasteiger partial charge on any atom is -0.550 e. The van der Waals surface area contributed by atoms with Crippen LogP contribution in [-0.4, -0.2) is 15.9 Å². The first kappa shape index (κ1) is 18.6. The Balaban J connectivity index is 1.71. The molecule has 0 unspecified atom stereocenters. The Labute approximate surface area is 168 Å². The highest BCUT2D eigenvalue weighted by Crippen LogP contribution is 2.32. The standard InChI is InChI=1S/C21H14N2O5S/c24-20(25)12-14(21-22-17-6-1-2-7-19(17)29-21)11-16-8-9-18(28-16)13-4-3-5-15(10-13)23(26)27/h1-11H,12H2,(H,24,25)/p-1/b14-11+. The van der Waals surface area contributed by atoms with Gasteiger partial charge in [-0.05, 0) is 35.9 Å². The maximum absolute atomic E-state index is 11.2. The number of hydrogen-bond donors (Lipinski definition) is 0. The van der Waals surface area contributed by atoms with Gasteiger partial charge in [-0.25, -0.2) is 4.98 Å². The second kappa shape index (κ2) is 7.69. The van der Waals surface area contributed by atoms with Gasteiger partial charge in [-0.1, -0.05) is 24.3 Å². The monoisotopic (exact) mass is 405 g/mol. The SMILES string of the molecule is O=C([O-])C/C(=C\c1ccc(-c2cccc([N+](=O)[O-])c2)o1)c1nc2ccccc2s1. The molecule has 2 aromatic carbocycles. The highest BCUT2D eigenvalue weighted by Gasteiger charge is 2.13. The summed E-state index contributed by atoms with van der Waals surface area (Å²) in [5.74, 6) is -0.361. The summed E-state index contributed by atoms with van der Waals surface area (Å²) in [4.78, 5) is 26.2. The van der Waals surface area contributed by atoms with Gasteiger partial charge < -0.3 is 14.3 Å². The number of carboxylic acids is 1. The summed E-state index contributed by atoms with van der Waals surface area (Å²) in [5.41, 5.74) is 1.77. The van der Waals surface area contributed by atoms with E-state index >= 15 is 0 Å². The number of non-ortho nitro benzene ring substituents is 1. The molecule has 0 N–H and O–H groups in total. The van der Waals surface area contributed by atoms with E-state index in [1.165, 1.54) is 23.5 Å². The van der Waals surface area contributed by atoms with Crippen molar-refractivity contribution in [1.29, 1.82) is 0 Å². The first-order valence-electron chi connectivity index (χ1n) is 8.60. The molecule has 2 heterocycles. The minimum absolute atomic E-state index is 0.0388. The van der Waals surface area contributed by atoms with Gasteiger partial charge in [0.2, 0.25) is 0 Å². The fraction of sp³-hybridized carbons (Fsp3) is 0.0476. The number of benzene rings is 2. The number of carbonyl (C=O) groups excluding carboxylic acids is 1. The Bertz CT molecular complexity index is 1220. The average Bonchev–Trinajstić information content (AvgIpc) is 3.34. The van der Waals surface area contributed by atoms with Gasteiger partial charge in [0.05, 0.1) is 15.1 Å². The molecule has 0 bridgehead atoms. The van der Waals surface area contributed by atoms with Crippen molar-refractivity contribution in [3.63, 3.8) is 0 Å². The molecule has 144 valence electrons. The molecule has 0 radical (unpaired) electrons. The number of nitro groups is 1. The zero-order valence-electron chi connectivity index (χ0n) is 14.9. The van der Waals surface area contributed by atoms with Gasteiger partial charge in [-0.15, -0.1) is 11.3 Å². The molecule has 0 saturated heterocycles. The Morgan fingerprint density at radius 1 is 1.14 bits per heavy atom. The van der Waals surface area contributed by atoms with E-state index in [9.17, 15) is 20.0 Å². The van der Waals surface area contributed by atoms with Crippen LogP contribution in [0.5, 0.6) is 0 Å². The van der Waals surface area contributed by atoms with Crippen LogP contribution in [0.3, 0.4) is 0 Å². The molecule has 0 aliphatic heterocycles. The fourth-order valence-corrected chi connectivity index (χ4v) is 3.86. The largest absolute Gasteiger partial charge is 0.550 e. The van der Waals surface area contributed by atoms with E-state index in [1.54, 1.807) is 30.3 Å². The van der Waals surface area contributed by atoms with Gasteiger partial charge in [0.15, 0.2) is 0 Å². The molecule has 8 heteroatoms. The third-order valence-corrected chi connectivity index (χ3v) is 5.30. The van der Waals surface area contributed by atoms with Crippen molar-refractivity contribution >= 4 is 44.9 Å². The molecule has 29 heavy (non-hydrogen) atoms. The van der Waals surface area contributed by atoms with Crippen molar-refractivity contribution in [2.75, 3.05) is 0 Å². The number of nitrogens with zero attached hydrogens (tertiary/aromatic N) is 2. The molecule has 0 fully saturated rings. The summed E-state index contributed by atoms with van der Waals surface area (Å²) in [6.45, 7) is 0. The van der Waals surface area contributed by atoms with E-state index in [1.807, 2.05) is 24.3 Å². The van der Waals surface area contributed by atoms with Crippen molar-refractivity contribution in [2.24, 2.45) is 0 Å². The van der Waals surface area contributed by atoms with E-state index in [0.29, 0.717) is 27.7 Å². The maximum atomic E-state index is 11.2. The highest BCUT2D eigenvalue weighted by molar-refractivity contribution is 7.19. The van der Waals surface area contributed by atoms with Gasteiger partial charge in [-0.3, -0.25) is 10.1 Å². The van der Waals surface area contributed by atoms with E-state index < -0.39 is 10.9 Å². The summed E-state index contributed by atoms with van der Waals surface area (Å²) >= 11 is 1.39. The van der Waals surface area contributed by atoms with E-state index in [0.717, 1.165) is 10.2 Å². The van der Waals surface area contributed by atoms with Crippen molar-refractivity contribution < 1.29 is 19.2 Å². The topological polar surface area (TPSA) is 109 Å². The molecule has 0 saturated carbocycles. The Morgan fingerprint density at radius 3 is 2.72 bits per heavy atom. The average molecular weight is 405 g/mol.